The molecule has 0 amide bonds. The molecule has 0 radical (unpaired) electrons. The van der Waals surface area contributed by atoms with E-state index >= 15 is 0 Å². The van der Waals surface area contributed by atoms with Gasteiger partial charge in [-0.1, -0.05) is 0 Å². The lowest BCUT2D eigenvalue weighted by atomic mass is 9.99. The van der Waals surface area contributed by atoms with E-state index in [0.717, 1.165) is 5.69 Å². The zero-order valence-corrected chi connectivity index (χ0v) is 11.0. The second-order valence-electron chi connectivity index (χ2n) is 4.01. The van der Waals surface area contributed by atoms with E-state index in [2.05, 4.69) is 39.8 Å². The first-order valence-corrected chi connectivity index (χ1v) is 6.59. The molecule has 0 spiro atoms. The van der Waals surface area contributed by atoms with Crippen LogP contribution in [0.1, 0.15) is 29.5 Å². The van der Waals surface area contributed by atoms with Crippen LogP contribution in [0.2, 0.25) is 0 Å². The number of aromatic nitrogens is 1. The average molecular weight is 275 g/mol. The number of thiazole rings is 1. The van der Waals surface area contributed by atoms with Gasteiger partial charge in [-0.2, -0.15) is 0 Å². The van der Waals surface area contributed by atoms with Gasteiger partial charge in [0.15, 0.2) is 0 Å². The van der Waals surface area contributed by atoms with E-state index in [9.17, 15) is 0 Å². The highest BCUT2D eigenvalue weighted by atomic mass is 79.9. The van der Waals surface area contributed by atoms with E-state index in [1.165, 1.54) is 34.7 Å². The Bertz CT molecular complexity index is 304. The van der Waals surface area contributed by atoms with Crippen molar-refractivity contribution in [2.75, 3.05) is 20.1 Å². The van der Waals surface area contributed by atoms with E-state index in [-0.39, 0.29) is 0 Å². The van der Waals surface area contributed by atoms with Gasteiger partial charge in [-0.15, -0.1) is 11.3 Å². The molecule has 78 valence electrons. The fourth-order valence-corrected chi connectivity index (χ4v) is 3.45. The van der Waals surface area contributed by atoms with Crippen molar-refractivity contribution in [3.8, 4) is 0 Å². The van der Waals surface area contributed by atoms with E-state index in [4.69, 9.17) is 0 Å². The van der Waals surface area contributed by atoms with E-state index in [1.807, 2.05) is 0 Å². The number of hydrogen-bond acceptors (Lipinski definition) is 3. The van der Waals surface area contributed by atoms with Gasteiger partial charge in [0.05, 0.1) is 14.5 Å². The molecule has 4 heteroatoms. The standard InChI is InChI=1S/C10H15BrN2S/c1-7-9(11)14-10(12-7)8-4-3-5-13(2)6-8/h8H,3-6H2,1-2H3. The third-order valence-corrected chi connectivity index (χ3v) is 4.90. The fourth-order valence-electron chi connectivity index (χ4n) is 1.94. The second kappa shape index (κ2) is 4.29. The summed E-state index contributed by atoms with van der Waals surface area (Å²) in [6.07, 6.45) is 2.60. The zero-order valence-electron chi connectivity index (χ0n) is 8.59. The molecular formula is C10H15BrN2S. The van der Waals surface area contributed by atoms with Crippen molar-refractivity contribution in [3.63, 3.8) is 0 Å². The predicted molar refractivity (Wildman–Crippen MR) is 64.0 cm³/mol. The van der Waals surface area contributed by atoms with Gasteiger partial charge in [0, 0.05) is 12.5 Å². The number of aryl methyl sites for hydroxylation is 1. The highest BCUT2D eigenvalue weighted by Gasteiger charge is 2.22. The first-order chi connectivity index (χ1) is 6.66. The Kier molecular flexibility index (Phi) is 3.24. The van der Waals surface area contributed by atoms with Gasteiger partial charge in [-0.25, -0.2) is 4.98 Å². The predicted octanol–water partition coefficient (Wildman–Crippen LogP) is 3.02. The summed E-state index contributed by atoms with van der Waals surface area (Å²) >= 11 is 5.34. The van der Waals surface area contributed by atoms with Crippen LogP contribution in [0.15, 0.2) is 3.79 Å². The molecule has 1 aromatic rings. The molecule has 2 heterocycles. The lowest BCUT2D eigenvalue weighted by molar-refractivity contribution is 0.250. The van der Waals surface area contributed by atoms with Crippen LogP contribution in [0, 0.1) is 6.92 Å². The summed E-state index contributed by atoms with van der Waals surface area (Å²) in [6.45, 7) is 4.47. The molecule has 0 aliphatic carbocycles. The van der Waals surface area contributed by atoms with Gasteiger partial charge < -0.3 is 4.90 Å². The molecule has 0 saturated carbocycles. The van der Waals surface area contributed by atoms with Gasteiger partial charge in [-0.3, -0.25) is 0 Å². The molecule has 1 fully saturated rings. The largest absolute Gasteiger partial charge is 0.306 e. The van der Waals surface area contributed by atoms with Gasteiger partial charge in [0.2, 0.25) is 0 Å². The van der Waals surface area contributed by atoms with Crippen molar-refractivity contribution in [3.05, 3.63) is 14.5 Å². The molecule has 1 atom stereocenters. The summed E-state index contributed by atoms with van der Waals surface area (Å²) < 4.78 is 1.20. The minimum Gasteiger partial charge on any atom is -0.306 e. The van der Waals surface area contributed by atoms with Crippen LogP contribution in [-0.2, 0) is 0 Å². The molecule has 0 aromatic carbocycles. The quantitative estimate of drug-likeness (QED) is 0.783. The normalized spacial score (nSPS) is 24.1. The van der Waals surface area contributed by atoms with Crippen LogP contribution >= 0.6 is 27.3 Å². The van der Waals surface area contributed by atoms with Gasteiger partial charge >= 0.3 is 0 Å². The van der Waals surface area contributed by atoms with Crippen LogP contribution in [0.4, 0.5) is 0 Å². The highest BCUT2D eigenvalue weighted by Crippen LogP contribution is 2.33. The molecule has 2 nitrogen and oxygen atoms in total. The Morgan fingerprint density at radius 1 is 1.57 bits per heavy atom. The molecule has 1 aromatic heterocycles. The topological polar surface area (TPSA) is 16.1 Å². The smallest absolute Gasteiger partial charge is 0.0983 e. The maximum absolute atomic E-state index is 4.61. The second-order valence-corrected chi connectivity index (χ2v) is 6.36. The molecule has 1 aliphatic rings. The molecule has 2 rings (SSSR count). The third-order valence-electron chi connectivity index (χ3n) is 2.73. The molecule has 1 aliphatic heterocycles. The molecule has 0 bridgehead atoms. The molecular weight excluding hydrogens is 260 g/mol. The maximum Gasteiger partial charge on any atom is 0.0983 e. The molecule has 1 unspecified atom stereocenters. The van der Waals surface area contributed by atoms with Crippen LogP contribution in [0.5, 0.6) is 0 Å². The van der Waals surface area contributed by atoms with Crippen LogP contribution < -0.4 is 0 Å². The lowest BCUT2D eigenvalue weighted by Gasteiger charge is -2.28. The minimum atomic E-state index is 0.656. The first-order valence-electron chi connectivity index (χ1n) is 4.98. The number of likely N-dealkylation sites (N-methyl/N-ethyl adjacent to an activating group) is 1. The van der Waals surface area contributed by atoms with Crippen molar-refractivity contribution in [2.24, 2.45) is 0 Å². The van der Waals surface area contributed by atoms with E-state index in [0.29, 0.717) is 5.92 Å². The average Bonchev–Trinajstić information content (AvgIpc) is 2.47. The van der Waals surface area contributed by atoms with Gasteiger partial charge in [0.1, 0.15) is 0 Å². The van der Waals surface area contributed by atoms with Crippen molar-refractivity contribution < 1.29 is 0 Å². The summed E-state index contributed by atoms with van der Waals surface area (Å²) in [7, 11) is 2.20. The van der Waals surface area contributed by atoms with Gasteiger partial charge in [-0.05, 0) is 49.3 Å². The number of likely N-dealkylation sites (tertiary alicyclic amines) is 1. The fraction of sp³-hybridized carbons (Fsp3) is 0.700. The zero-order chi connectivity index (χ0) is 10.1. The Labute approximate surface area is 97.5 Å². The minimum absolute atomic E-state index is 0.656. The summed E-state index contributed by atoms with van der Waals surface area (Å²) in [5.41, 5.74) is 1.14. The Morgan fingerprint density at radius 3 is 2.93 bits per heavy atom. The number of rotatable bonds is 1. The summed E-state index contributed by atoms with van der Waals surface area (Å²) in [5.74, 6) is 0.656. The SMILES string of the molecule is Cc1nc(C2CCCN(C)C2)sc1Br. The van der Waals surface area contributed by atoms with Crippen molar-refractivity contribution in [2.45, 2.75) is 25.7 Å². The summed E-state index contributed by atoms with van der Waals surface area (Å²) in [5, 5.41) is 1.31. The molecule has 0 N–H and O–H groups in total. The van der Waals surface area contributed by atoms with E-state index < -0.39 is 0 Å². The van der Waals surface area contributed by atoms with Crippen molar-refractivity contribution >= 4 is 27.3 Å². The van der Waals surface area contributed by atoms with Crippen molar-refractivity contribution in [1.29, 1.82) is 0 Å². The van der Waals surface area contributed by atoms with Crippen LogP contribution in [-0.4, -0.2) is 30.0 Å². The highest BCUT2D eigenvalue weighted by molar-refractivity contribution is 9.11. The number of hydrogen-bond donors (Lipinski definition) is 0. The van der Waals surface area contributed by atoms with E-state index in [1.54, 1.807) is 11.3 Å². The van der Waals surface area contributed by atoms with Crippen molar-refractivity contribution in [1.82, 2.24) is 9.88 Å². The Hall–Kier alpha value is 0.0700. The van der Waals surface area contributed by atoms with Gasteiger partial charge in [0.25, 0.3) is 0 Å². The van der Waals surface area contributed by atoms with Crippen LogP contribution in [0.3, 0.4) is 0 Å². The molecule has 1 saturated heterocycles. The number of nitrogens with zero attached hydrogens (tertiary/aromatic N) is 2. The number of piperidine rings is 1. The number of halogens is 1. The maximum atomic E-state index is 4.61. The Morgan fingerprint density at radius 2 is 2.36 bits per heavy atom. The summed E-state index contributed by atoms with van der Waals surface area (Å²) in [4.78, 5) is 7.01. The Balaban J connectivity index is 2.14. The monoisotopic (exact) mass is 274 g/mol. The summed E-state index contributed by atoms with van der Waals surface area (Å²) in [6, 6.07) is 0. The third kappa shape index (κ3) is 2.18. The van der Waals surface area contributed by atoms with Crippen LogP contribution in [0.25, 0.3) is 0 Å². The molecule has 14 heavy (non-hydrogen) atoms. The first kappa shape index (κ1) is 10.6. The lowest BCUT2D eigenvalue weighted by Crippen LogP contribution is -2.30.